The van der Waals surface area contributed by atoms with E-state index in [0.29, 0.717) is 0 Å². The summed E-state index contributed by atoms with van der Waals surface area (Å²) < 4.78 is 41.7. The molecule has 0 fully saturated rings. The van der Waals surface area contributed by atoms with Gasteiger partial charge in [0.15, 0.2) is 11.5 Å². The molecule has 0 aliphatic rings. The summed E-state index contributed by atoms with van der Waals surface area (Å²) in [7, 11) is 1.28. The summed E-state index contributed by atoms with van der Waals surface area (Å²) in [6, 6.07) is 3.76. The van der Waals surface area contributed by atoms with Crippen LogP contribution < -0.4 is 15.8 Å². The molecule has 20 heavy (non-hydrogen) atoms. The molecule has 0 bridgehead atoms. The summed E-state index contributed by atoms with van der Waals surface area (Å²) in [6.45, 7) is -0.150. The molecule has 0 heterocycles. The average Bonchev–Trinajstić information content (AvgIpc) is 2.35. The fourth-order valence-corrected chi connectivity index (χ4v) is 1.60. The van der Waals surface area contributed by atoms with Gasteiger partial charge in [-0.2, -0.15) is 13.2 Å². The van der Waals surface area contributed by atoms with Gasteiger partial charge in [-0.25, -0.2) is 0 Å². The minimum Gasteiger partial charge on any atom is -0.504 e. The van der Waals surface area contributed by atoms with E-state index < -0.39 is 24.2 Å². The van der Waals surface area contributed by atoms with Gasteiger partial charge in [-0.1, -0.05) is 6.07 Å². The molecule has 0 radical (unpaired) electrons. The third-order valence-electron chi connectivity index (χ3n) is 2.89. The zero-order valence-electron chi connectivity index (χ0n) is 10.9. The highest BCUT2D eigenvalue weighted by Gasteiger charge is 2.38. The van der Waals surface area contributed by atoms with Crippen molar-refractivity contribution in [1.29, 1.82) is 0 Å². The molecule has 1 rings (SSSR count). The first-order valence-electron chi connectivity index (χ1n) is 5.59. The largest absolute Gasteiger partial charge is 0.504 e. The predicted octanol–water partition coefficient (Wildman–Crippen LogP) is 1.25. The first-order valence-corrected chi connectivity index (χ1v) is 5.59. The second-order valence-electron chi connectivity index (χ2n) is 4.34. The molecular weight excluding hydrogens is 277 g/mol. The number of aromatic hydroxyl groups is 1. The highest BCUT2D eigenvalue weighted by molar-refractivity contribution is 5.86. The first-order chi connectivity index (χ1) is 9.10. The minimum absolute atomic E-state index is 0.0313. The molecule has 1 unspecified atom stereocenters. The molecule has 4 N–H and O–H groups in total. The number of phenolic OH excluding ortho intramolecular Hbond substituents is 1. The van der Waals surface area contributed by atoms with E-state index in [0.717, 1.165) is 0 Å². The number of ether oxygens (including phenoxy) is 1. The number of methoxy groups -OCH3 is 1. The fraction of sp³-hybridized carbons (Fsp3) is 0.417. The first kappa shape index (κ1) is 16.1. The summed E-state index contributed by atoms with van der Waals surface area (Å²) in [5.41, 5.74) is 3.61. The Hall–Kier alpha value is -1.96. The van der Waals surface area contributed by atoms with E-state index in [1.54, 1.807) is 0 Å². The van der Waals surface area contributed by atoms with Crippen LogP contribution in [0, 0.1) is 0 Å². The Labute approximate surface area is 113 Å². The fourth-order valence-electron chi connectivity index (χ4n) is 1.60. The van der Waals surface area contributed by atoms with E-state index in [1.165, 1.54) is 32.2 Å². The summed E-state index contributed by atoms with van der Waals surface area (Å²) in [4.78, 5) is 11.5. The third kappa shape index (κ3) is 3.53. The molecule has 0 aliphatic heterocycles. The van der Waals surface area contributed by atoms with Crippen LogP contribution in [0.3, 0.4) is 0 Å². The van der Waals surface area contributed by atoms with Crippen LogP contribution in [-0.4, -0.2) is 30.8 Å². The number of primary amides is 1. The molecule has 0 aliphatic carbocycles. The number of nitrogens with two attached hydrogens (primary N) is 1. The number of hydrogen-bond donors (Lipinski definition) is 3. The van der Waals surface area contributed by atoms with Crippen LogP contribution in [0.4, 0.5) is 13.2 Å². The maximum absolute atomic E-state index is 12.3. The van der Waals surface area contributed by atoms with Gasteiger partial charge in [-0.05, 0) is 24.6 Å². The van der Waals surface area contributed by atoms with Crippen molar-refractivity contribution in [1.82, 2.24) is 5.32 Å². The van der Waals surface area contributed by atoms with E-state index in [2.05, 4.69) is 5.32 Å². The highest BCUT2D eigenvalue weighted by atomic mass is 19.4. The molecule has 112 valence electrons. The Morgan fingerprint density at radius 2 is 2.05 bits per heavy atom. The Morgan fingerprint density at radius 1 is 1.45 bits per heavy atom. The zero-order valence-corrected chi connectivity index (χ0v) is 10.9. The topological polar surface area (TPSA) is 84.6 Å². The molecule has 1 atom stereocenters. The number of nitrogens with one attached hydrogen (secondary N) is 1. The summed E-state index contributed by atoms with van der Waals surface area (Å²) in [6.07, 6.45) is -4.49. The second-order valence-corrected chi connectivity index (χ2v) is 4.34. The van der Waals surface area contributed by atoms with Crippen molar-refractivity contribution < 1.29 is 27.8 Å². The van der Waals surface area contributed by atoms with E-state index >= 15 is 0 Å². The maximum Gasteiger partial charge on any atom is 0.401 e. The van der Waals surface area contributed by atoms with Crippen LogP contribution >= 0.6 is 0 Å². The van der Waals surface area contributed by atoms with Gasteiger partial charge in [-0.3, -0.25) is 10.1 Å². The third-order valence-corrected chi connectivity index (χ3v) is 2.89. The number of amides is 1. The predicted molar refractivity (Wildman–Crippen MR) is 65.3 cm³/mol. The molecule has 0 saturated carbocycles. The van der Waals surface area contributed by atoms with E-state index in [4.69, 9.17) is 10.5 Å². The SMILES string of the molecule is COc1cc(C(C)(NCC(F)(F)F)C(N)=O)ccc1O. The smallest absolute Gasteiger partial charge is 0.401 e. The van der Waals surface area contributed by atoms with Crippen LogP contribution in [0.2, 0.25) is 0 Å². The molecular formula is C12H15F3N2O3. The summed E-state index contributed by atoms with van der Waals surface area (Å²) >= 11 is 0. The van der Waals surface area contributed by atoms with Crippen molar-refractivity contribution >= 4 is 5.91 Å². The Kier molecular flexibility index (Phi) is 4.49. The number of phenols is 1. The maximum atomic E-state index is 12.3. The van der Waals surface area contributed by atoms with E-state index in [1.807, 2.05) is 0 Å². The number of alkyl halides is 3. The lowest BCUT2D eigenvalue weighted by molar-refractivity contribution is -0.135. The molecule has 8 heteroatoms. The Balaban J connectivity index is 3.16. The second kappa shape index (κ2) is 5.58. The van der Waals surface area contributed by atoms with Gasteiger partial charge >= 0.3 is 6.18 Å². The molecule has 5 nitrogen and oxygen atoms in total. The molecule has 0 aromatic heterocycles. The van der Waals surface area contributed by atoms with Gasteiger partial charge in [0.1, 0.15) is 5.54 Å². The van der Waals surface area contributed by atoms with Crippen LogP contribution in [-0.2, 0) is 10.3 Å². The van der Waals surface area contributed by atoms with Gasteiger partial charge in [0, 0.05) is 0 Å². The molecule has 1 aromatic rings. The number of benzene rings is 1. The lowest BCUT2D eigenvalue weighted by Crippen LogP contribution is -2.53. The van der Waals surface area contributed by atoms with Crippen molar-refractivity contribution in [2.45, 2.75) is 18.6 Å². The molecule has 1 aromatic carbocycles. The van der Waals surface area contributed by atoms with Crippen molar-refractivity contribution in [3.63, 3.8) is 0 Å². The number of rotatable bonds is 5. The zero-order chi connectivity index (χ0) is 15.6. The normalized spacial score (nSPS) is 14.7. The number of halogens is 3. The van der Waals surface area contributed by atoms with Crippen LogP contribution in [0.5, 0.6) is 11.5 Å². The Morgan fingerprint density at radius 3 is 2.50 bits per heavy atom. The van der Waals surface area contributed by atoms with Crippen molar-refractivity contribution in [3.8, 4) is 11.5 Å². The minimum atomic E-state index is -4.49. The summed E-state index contributed by atoms with van der Waals surface area (Å²) in [5, 5.41) is 11.5. The molecule has 1 amide bonds. The van der Waals surface area contributed by atoms with Gasteiger partial charge in [0.2, 0.25) is 5.91 Å². The quantitative estimate of drug-likeness (QED) is 0.762. The van der Waals surface area contributed by atoms with Gasteiger partial charge in [0.05, 0.1) is 13.7 Å². The van der Waals surface area contributed by atoms with Gasteiger partial charge in [-0.15, -0.1) is 0 Å². The lowest BCUT2D eigenvalue weighted by Gasteiger charge is -2.29. The van der Waals surface area contributed by atoms with Gasteiger partial charge in [0.25, 0.3) is 0 Å². The van der Waals surface area contributed by atoms with Crippen molar-refractivity contribution in [2.75, 3.05) is 13.7 Å². The lowest BCUT2D eigenvalue weighted by atomic mass is 9.90. The monoisotopic (exact) mass is 292 g/mol. The standard InChI is InChI=1S/C12H15F3N2O3/c1-11(10(16)19,17-6-12(13,14)15)7-3-4-8(18)9(5-7)20-2/h3-5,17-18H,6H2,1-2H3,(H2,16,19). The van der Waals surface area contributed by atoms with E-state index in [9.17, 15) is 23.1 Å². The van der Waals surface area contributed by atoms with Crippen molar-refractivity contribution in [3.05, 3.63) is 23.8 Å². The van der Waals surface area contributed by atoms with Crippen molar-refractivity contribution in [2.24, 2.45) is 5.73 Å². The molecule has 0 saturated heterocycles. The number of carbonyl (C=O) groups is 1. The van der Waals surface area contributed by atoms with Crippen LogP contribution in [0.25, 0.3) is 0 Å². The van der Waals surface area contributed by atoms with Crippen LogP contribution in [0.1, 0.15) is 12.5 Å². The molecule has 0 spiro atoms. The summed E-state index contributed by atoms with van der Waals surface area (Å²) in [5.74, 6) is -1.14. The number of hydrogen-bond acceptors (Lipinski definition) is 4. The van der Waals surface area contributed by atoms with E-state index in [-0.39, 0.29) is 17.1 Å². The number of carbonyl (C=O) groups excluding carboxylic acids is 1. The van der Waals surface area contributed by atoms with Gasteiger partial charge < -0.3 is 15.6 Å². The average molecular weight is 292 g/mol. The van der Waals surface area contributed by atoms with Crippen LogP contribution in [0.15, 0.2) is 18.2 Å². The highest BCUT2D eigenvalue weighted by Crippen LogP contribution is 2.31. The Bertz CT molecular complexity index is 505.